The first kappa shape index (κ1) is 20.7. The summed E-state index contributed by atoms with van der Waals surface area (Å²) in [4.78, 5) is 40.4. The second-order valence-corrected chi connectivity index (χ2v) is 7.20. The fraction of sp³-hybridized carbons (Fsp3) is 0.550. The van der Waals surface area contributed by atoms with E-state index in [9.17, 15) is 14.4 Å². The van der Waals surface area contributed by atoms with Crippen molar-refractivity contribution in [2.45, 2.75) is 33.2 Å². The Hall–Kier alpha value is -2.57. The highest BCUT2D eigenvalue weighted by atomic mass is 16.6. The number of carbonyl (C=O) groups is 3. The third kappa shape index (κ3) is 6.27. The Morgan fingerprint density at radius 2 is 1.63 bits per heavy atom. The summed E-state index contributed by atoms with van der Waals surface area (Å²) in [5.74, 6) is -0.130. The van der Waals surface area contributed by atoms with Gasteiger partial charge in [-0.3, -0.25) is 9.59 Å². The summed E-state index contributed by atoms with van der Waals surface area (Å²) in [5, 5.41) is 2.75. The number of nitrogens with zero attached hydrogens (tertiary/aromatic N) is 2. The minimum Gasteiger partial charge on any atom is -0.449 e. The van der Waals surface area contributed by atoms with E-state index in [1.807, 2.05) is 19.9 Å². The highest BCUT2D eigenvalue weighted by Crippen LogP contribution is 2.08. The van der Waals surface area contributed by atoms with E-state index in [1.54, 1.807) is 41.0 Å². The lowest BCUT2D eigenvalue weighted by atomic mass is 10.2. The summed E-state index contributed by atoms with van der Waals surface area (Å²) >= 11 is 0. The Kier molecular flexibility index (Phi) is 7.64. The van der Waals surface area contributed by atoms with Crippen molar-refractivity contribution >= 4 is 17.9 Å². The Balaban J connectivity index is 1.86. The molecule has 1 atom stereocenters. The van der Waals surface area contributed by atoms with Crippen LogP contribution in [0.5, 0.6) is 0 Å². The smallest absolute Gasteiger partial charge is 0.409 e. The molecule has 1 aliphatic heterocycles. The van der Waals surface area contributed by atoms with Crippen LogP contribution in [0.25, 0.3) is 0 Å². The van der Waals surface area contributed by atoms with Gasteiger partial charge in [0.2, 0.25) is 5.91 Å². The van der Waals surface area contributed by atoms with Crippen LogP contribution in [0.2, 0.25) is 0 Å². The number of amides is 3. The van der Waals surface area contributed by atoms with Crippen LogP contribution in [0.1, 0.15) is 37.6 Å². The second kappa shape index (κ2) is 9.94. The van der Waals surface area contributed by atoms with Crippen molar-refractivity contribution in [1.82, 2.24) is 15.1 Å². The molecule has 1 aromatic carbocycles. The fourth-order valence-corrected chi connectivity index (χ4v) is 2.85. The number of nitrogens with one attached hydrogen (secondary N) is 1. The van der Waals surface area contributed by atoms with E-state index in [0.717, 1.165) is 0 Å². The largest absolute Gasteiger partial charge is 0.449 e. The molecule has 2 rings (SSSR count). The first-order valence-corrected chi connectivity index (χ1v) is 9.45. The van der Waals surface area contributed by atoms with Crippen LogP contribution in [0.15, 0.2) is 30.3 Å². The van der Waals surface area contributed by atoms with E-state index in [-0.39, 0.29) is 23.8 Å². The summed E-state index contributed by atoms with van der Waals surface area (Å²) in [6, 6.07) is 8.18. The Morgan fingerprint density at radius 3 is 2.30 bits per heavy atom. The molecule has 0 radical (unpaired) electrons. The number of benzene rings is 1. The molecule has 148 valence electrons. The van der Waals surface area contributed by atoms with Crippen molar-refractivity contribution in [3.8, 4) is 0 Å². The van der Waals surface area contributed by atoms with Gasteiger partial charge in [0.05, 0.1) is 6.61 Å². The van der Waals surface area contributed by atoms with Gasteiger partial charge in [-0.25, -0.2) is 4.79 Å². The zero-order valence-corrected chi connectivity index (χ0v) is 16.3. The van der Waals surface area contributed by atoms with Crippen LogP contribution in [0.4, 0.5) is 4.79 Å². The topological polar surface area (TPSA) is 79.0 Å². The van der Waals surface area contributed by atoms with E-state index < -0.39 is 6.04 Å². The van der Waals surface area contributed by atoms with Gasteiger partial charge in [-0.05, 0) is 31.4 Å². The number of hydrogen-bond acceptors (Lipinski definition) is 4. The molecule has 7 heteroatoms. The highest BCUT2D eigenvalue weighted by molar-refractivity contribution is 5.97. The monoisotopic (exact) mass is 375 g/mol. The first-order valence-electron chi connectivity index (χ1n) is 9.45. The Bertz CT molecular complexity index is 648. The average molecular weight is 375 g/mol. The van der Waals surface area contributed by atoms with E-state index in [4.69, 9.17) is 4.74 Å². The molecule has 3 amide bonds. The van der Waals surface area contributed by atoms with E-state index in [2.05, 4.69) is 5.32 Å². The lowest BCUT2D eigenvalue weighted by molar-refractivity contribution is -0.132. The maximum atomic E-state index is 12.7. The maximum absolute atomic E-state index is 12.7. The zero-order valence-electron chi connectivity index (χ0n) is 16.3. The van der Waals surface area contributed by atoms with Crippen molar-refractivity contribution in [2.24, 2.45) is 5.92 Å². The second-order valence-electron chi connectivity index (χ2n) is 7.20. The molecular weight excluding hydrogens is 346 g/mol. The average Bonchev–Trinajstić information content (AvgIpc) is 2.92. The molecule has 0 spiro atoms. The van der Waals surface area contributed by atoms with Crippen LogP contribution in [-0.4, -0.2) is 66.5 Å². The Morgan fingerprint density at radius 1 is 1.00 bits per heavy atom. The Labute approximate surface area is 160 Å². The highest BCUT2D eigenvalue weighted by Gasteiger charge is 2.26. The summed E-state index contributed by atoms with van der Waals surface area (Å²) in [6.07, 6.45) is 0.352. The molecular formula is C20H29N3O4. The van der Waals surface area contributed by atoms with Gasteiger partial charge in [-0.15, -0.1) is 0 Å². The van der Waals surface area contributed by atoms with Crippen LogP contribution in [-0.2, 0) is 9.53 Å². The summed E-state index contributed by atoms with van der Waals surface area (Å²) in [5.41, 5.74) is 0.520. The van der Waals surface area contributed by atoms with Crippen molar-refractivity contribution < 1.29 is 19.1 Å². The summed E-state index contributed by atoms with van der Waals surface area (Å²) in [7, 11) is 0. The fourth-order valence-electron chi connectivity index (χ4n) is 2.85. The summed E-state index contributed by atoms with van der Waals surface area (Å²) in [6.45, 7) is 8.03. The van der Waals surface area contributed by atoms with Gasteiger partial charge in [0, 0.05) is 31.7 Å². The van der Waals surface area contributed by atoms with Gasteiger partial charge in [0.15, 0.2) is 0 Å². The first-order chi connectivity index (χ1) is 12.9. The minimum absolute atomic E-state index is 0.142. The zero-order chi connectivity index (χ0) is 19.8. The lowest BCUT2D eigenvalue weighted by Gasteiger charge is -2.25. The maximum Gasteiger partial charge on any atom is 0.409 e. The van der Waals surface area contributed by atoms with Crippen LogP contribution >= 0.6 is 0 Å². The third-order valence-electron chi connectivity index (χ3n) is 4.36. The normalized spacial score (nSPS) is 15.9. The van der Waals surface area contributed by atoms with E-state index in [1.165, 1.54) is 0 Å². The molecule has 1 fully saturated rings. The van der Waals surface area contributed by atoms with Crippen LogP contribution < -0.4 is 5.32 Å². The van der Waals surface area contributed by atoms with Crippen LogP contribution in [0, 0.1) is 5.92 Å². The van der Waals surface area contributed by atoms with E-state index >= 15 is 0 Å². The van der Waals surface area contributed by atoms with Gasteiger partial charge in [0.1, 0.15) is 6.04 Å². The van der Waals surface area contributed by atoms with Crippen molar-refractivity contribution in [2.75, 3.05) is 32.8 Å². The molecule has 1 heterocycles. The number of carbonyl (C=O) groups excluding carboxylic acids is 3. The minimum atomic E-state index is -0.628. The molecule has 0 aliphatic carbocycles. The van der Waals surface area contributed by atoms with Crippen molar-refractivity contribution in [3.63, 3.8) is 0 Å². The van der Waals surface area contributed by atoms with Gasteiger partial charge < -0.3 is 19.9 Å². The predicted molar refractivity (Wildman–Crippen MR) is 102 cm³/mol. The third-order valence-corrected chi connectivity index (χ3v) is 4.36. The molecule has 27 heavy (non-hydrogen) atoms. The van der Waals surface area contributed by atoms with Gasteiger partial charge >= 0.3 is 6.09 Å². The molecule has 1 N–H and O–H groups in total. The molecule has 1 unspecified atom stereocenters. The standard InChI is InChI=1S/C20H29N3O4/c1-15(2)14-27-20(26)23-11-7-10-22(12-13-23)19(25)16(3)21-18(24)17-8-5-4-6-9-17/h4-6,8-9,15-16H,7,10-14H2,1-3H3,(H,21,24). The van der Waals surface area contributed by atoms with Gasteiger partial charge in [-0.2, -0.15) is 0 Å². The number of ether oxygens (including phenoxy) is 1. The van der Waals surface area contributed by atoms with Crippen LogP contribution in [0.3, 0.4) is 0 Å². The van der Waals surface area contributed by atoms with Crippen molar-refractivity contribution in [1.29, 1.82) is 0 Å². The molecule has 0 bridgehead atoms. The quantitative estimate of drug-likeness (QED) is 0.855. The molecule has 7 nitrogen and oxygen atoms in total. The molecule has 0 aromatic heterocycles. The molecule has 1 aliphatic rings. The lowest BCUT2D eigenvalue weighted by Crippen LogP contribution is -2.48. The molecule has 1 saturated heterocycles. The number of hydrogen-bond donors (Lipinski definition) is 1. The van der Waals surface area contributed by atoms with Gasteiger partial charge in [-0.1, -0.05) is 32.0 Å². The SMILES string of the molecule is CC(C)COC(=O)N1CCCN(C(=O)C(C)NC(=O)c2ccccc2)CC1. The molecule has 0 saturated carbocycles. The summed E-state index contributed by atoms with van der Waals surface area (Å²) < 4.78 is 5.27. The van der Waals surface area contributed by atoms with E-state index in [0.29, 0.717) is 44.8 Å². The molecule has 1 aromatic rings. The van der Waals surface area contributed by atoms with Gasteiger partial charge in [0.25, 0.3) is 5.91 Å². The number of rotatable bonds is 5. The van der Waals surface area contributed by atoms with Crippen molar-refractivity contribution in [3.05, 3.63) is 35.9 Å². The predicted octanol–water partition coefficient (Wildman–Crippen LogP) is 2.13.